The first-order valence-corrected chi connectivity index (χ1v) is 7.64. The van der Waals surface area contributed by atoms with Crippen molar-refractivity contribution in [3.63, 3.8) is 0 Å². The molecule has 0 atom stereocenters. The molecule has 1 rings (SSSR count). The minimum absolute atomic E-state index is 0.185. The lowest BCUT2D eigenvalue weighted by molar-refractivity contribution is 0.0523. The molecule has 0 N–H and O–H groups in total. The highest BCUT2D eigenvalue weighted by atomic mass is 16.5. The molecule has 0 fully saturated rings. The lowest BCUT2D eigenvalue weighted by Crippen LogP contribution is -2.14. The van der Waals surface area contributed by atoms with Crippen LogP contribution in [0.4, 0.5) is 0 Å². The highest BCUT2D eigenvalue weighted by molar-refractivity contribution is 5.93. The second kappa shape index (κ2) is 6.92. The fraction of sp³-hybridized carbons (Fsp3) is 0.611. The van der Waals surface area contributed by atoms with Gasteiger partial charge in [-0.2, -0.15) is 0 Å². The van der Waals surface area contributed by atoms with E-state index in [0.29, 0.717) is 24.4 Å². The van der Waals surface area contributed by atoms with E-state index in [1.165, 1.54) is 5.56 Å². The van der Waals surface area contributed by atoms with Crippen LogP contribution >= 0.6 is 0 Å². The summed E-state index contributed by atoms with van der Waals surface area (Å²) in [6.45, 7) is 15.2. The Morgan fingerprint density at radius 1 is 0.950 bits per heavy atom. The van der Waals surface area contributed by atoms with Crippen molar-refractivity contribution in [3.8, 4) is 0 Å². The second-order valence-electron chi connectivity index (χ2n) is 6.26. The topological polar surface area (TPSA) is 26.3 Å². The Bertz CT molecular complexity index is 441. The van der Waals surface area contributed by atoms with Gasteiger partial charge in [-0.15, -0.1) is 0 Å². The molecule has 2 nitrogen and oxygen atoms in total. The molecule has 0 aliphatic heterocycles. The number of carbonyl (C=O) groups excluding carboxylic acids is 1. The summed E-state index contributed by atoms with van der Waals surface area (Å²) in [4.78, 5) is 12.4. The van der Waals surface area contributed by atoms with Crippen LogP contribution in [0.1, 0.15) is 93.3 Å². The third-order valence-corrected chi connectivity index (χ3v) is 3.61. The van der Waals surface area contributed by atoms with Crippen molar-refractivity contribution in [2.24, 2.45) is 0 Å². The van der Waals surface area contributed by atoms with E-state index in [1.54, 1.807) is 0 Å². The van der Waals surface area contributed by atoms with Gasteiger partial charge in [0.25, 0.3) is 0 Å². The average Bonchev–Trinajstić information content (AvgIpc) is 2.36. The first-order valence-electron chi connectivity index (χ1n) is 7.64. The van der Waals surface area contributed by atoms with Crippen LogP contribution in [0.5, 0.6) is 0 Å². The van der Waals surface area contributed by atoms with Gasteiger partial charge < -0.3 is 4.74 Å². The molecule has 2 heteroatoms. The third kappa shape index (κ3) is 3.62. The molecule has 1 aromatic rings. The SMILES string of the molecule is CCOC(=O)c1c(C(C)C)cc(C(C)C)cc1C(C)C. The molecule has 0 bridgehead atoms. The number of benzene rings is 1. The van der Waals surface area contributed by atoms with E-state index < -0.39 is 0 Å². The van der Waals surface area contributed by atoms with E-state index in [4.69, 9.17) is 4.74 Å². The van der Waals surface area contributed by atoms with Crippen LogP contribution in [0.25, 0.3) is 0 Å². The number of esters is 1. The molecule has 0 heterocycles. The van der Waals surface area contributed by atoms with Gasteiger partial charge in [-0.05, 0) is 41.4 Å². The molecule has 0 radical (unpaired) electrons. The summed E-state index contributed by atoms with van der Waals surface area (Å²) >= 11 is 0. The quantitative estimate of drug-likeness (QED) is 0.688. The minimum Gasteiger partial charge on any atom is -0.462 e. The number of rotatable bonds is 5. The van der Waals surface area contributed by atoms with Gasteiger partial charge in [-0.25, -0.2) is 4.79 Å². The Labute approximate surface area is 123 Å². The third-order valence-electron chi connectivity index (χ3n) is 3.61. The minimum atomic E-state index is -0.185. The van der Waals surface area contributed by atoms with Crippen molar-refractivity contribution in [3.05, 3.63) is 34.4 Å². The molecule has 0 saturated carbocycles. The molecule has 0 spiro atoms. The molecule has 112 valence electrons. The number of ether oxygens (including phenoxy) is 1. The summed E-state index contributed by atoms with van der Waals surface area (Å²) in [6, 6.07) is 4.35. The fourth-order valence-electron chi connectivity index (χ4n) is 2.39. The zero-order valence-electron chi connectivity index (χ0n) is 13.9. The summed E-state index contributed by atoms with van der Waals surface area (Å²) in [7, 11) is 0. The lowest BCUT2D eigenvalue weighted by atomic mass is 9.84. The van der Waals surface area contributed by atoms with Crippen LogP contribution in [0.15, 0.2) is 12.1 Å². The normalized spacial score (nSPS) is 11.5. The number of hydrogen-bond donors (Lipinski definition) is 0. The Hall–Kier alpha value is -1.31. The van der Waals surface area contributed by atoms with Crippen molar-refractivity contribution < 1.29 is 9.53 Å². The van der Waals surface area contributed by atoms with Gasteiger partial charge in [-0.1, -0.05) is 53.7 Å². The summed E-state index contributed by atoms with van der Waals surface area (Å²) in [6.07, 6.45) is 0. The zero-order chi connectivity index (χ0) is 15.4. The van der Waals surface area contributed by atoms with Crippen molar-refractivity contribution >= 4 is 5.97 Å². The van der Waals surface area contributed by atoms with E-state index in [0.717, 1.165) is 16.7 Å². The Balaban J connectivity index is 3.55. The second-order valence-corrected chi connectivity index (χ2v) is 6.26. The largest absolute Gasteiger partial charge is 0.462 e. The molecule has 1 aromatic carbocycles. The standard InChI is InChI=1S/C18H28O2/c1-8-20-18(19)17-15(12(4)5)9-14(11(2)3)10-16(17)13(6)7/h9-13H,8H2,1-7H3. The highest BCUT2D eigenvalue weighted by Crippen LogP contribution is 2.32. The molecule has 0 amide bonds. The molecular formula is C18H28O2. The zero-order valence-corrected chi connectivity index (χ0v) is 13.9. The average molecular weight is 276 g/mol. The molecular weight excluding hydrogens is 248 g/mol. The predicted molar refractivity (Wildman–Crippen MR) is 84.7 cm³/mol. The monoisotopic (exact) mass is 276 g/mol. The molecule has 0 unspecified atom stereocenters. The van der Waals surface area contributed by atoms with Crippen molar-refractivity contribution in [1.82, 2.24) is 0 Å². The number of carbonyl (C=O) groups is 1. The fourth-order valence-corrected chi connectivity index (χ4v) is 2.39. The Kier molecular flexibility index (Phi) is 5.79. The van der Waals surface area contributed by atoms with Gasteiger partial charge in [-0.3, -0.25) is 0 Å². The molecule has 0 aromatic heterocycles. The molecule has 0 aliphatic carbocycles. The smallest absolute Gasteiger partial charge is 0.338 e. The van der Waals surface area contributed by atoms with E-state index in [-0.39, 0.29) is 5.97 Å². The van der Waals surface area contributed by atoms with Crippen LogP contribution in [0, 0.1) is 0 Å². The first-order chi connectivity index (χ1) is 9.29. The van der Waals surface area contributed by atoms with E-state index in [1.807, 2.05) is 6.92 Å². The highest BCUT2D eigenvalue weighted by Gasteiger charge is 2.22. The molecule has 0 saturated heterocycles. The van der Waals surface area contributed by atoms with Crippen molar-refractivity contribution in [1.29, 1.82) is 0 Å². The van der Waals surface area contributed by atoms with Crippen LogP contribution in [-0.2, 0) is 4.74 Å². The van der Waals surface area contributed by atoms with Crippen LogP contribution < -0.4 is 0 Å². The summed E-state index contributed by atoms with van der Waals surface area (Å²) in [5.41, 5.74) is 4.29. The van der Waals surface area contributed by atoms with E-state index in [9.17, 15) is 4.79 Å². The predicted octanol–water partition coefficient (Wildman–Crippen LogP) is 5.23. The van der Waals surface area contributed by atoms with Crippen LogP contribution in [0.3, 0.4) is 0 Å². The maximum Gasteiger partial charge on any atom is 0.338 e. The number of hydrogen-bond acceptors (Lipinski definition) is 2. The van der Waals surface area contributed by atoms with Crippen LogP contribution in [0.2, 0.25) is 0 Å². The van der Waals surface area contributed by atoms with Crippen molar-refractivity contribution in [2.75, 3.05) is 6.61 Å². The summed E-state index contributed by atoms with van der Waals surface area (Å²) in [5.74, 6) is 0.896. The maximum absolute atomic E-state index is 12.4. The molecule has 20 heavy (non-hydrogen) atoms. The Morgan fingerprint density at radius 3 is 1.70 bits per heavy atom. The van der Waals surface area contributed by atoms with Gasteiger partial charge in [0.05, 0.1) is 12.2 Å². The lowest BCUT2D eigenvalue weighted by Gasteiger charge is -2.21. The molecule has 0 aliphatic rings. The van der Waals surface area contributed by atoms with Gasteiger partial charge in [0.15, 0.2) is 0 Å². The van der Waals surface area contributed by atoms with Gasteiger partial charge >= 0.3 is 5.97 Å². The maximum atomic E-state index is 12.4. The van der Waals surface area contributed by atoms with Crippen LogP contribution in [-0.4, -0.2) is 12.6 Å². The van der Waals surface area contributed by atoms with Crippen molar-refractivity contribution in [2.45, 2.75) is 66.2 Å². The Morgan fingerprint density at radius 2 is 1.40 bits per heavy atom. The van der Waals surface area contributed by atoms with E-state index in [2.05, 4.69) is 53.7 Å². The first kappa shape index (κ1) is 16.7. The van der Waals surface area contributed by atoms with E-state index >= 15 is 0 Å². The summed E-state index contributed by atoms with van der Waals surface area (Å²) < 4.78 is 5.27. The van der Waals surface area contributed by atoms with Gasteiger partial charge in [0.2, 0.25) is 0 Å². The van der Waals surface area contributed by atoms with Gasteiger partial charge in [0.1, 0.15) is 0 Å². The summed E-state index contributed by atoms with van der Waals surface area (Å²) in [5, 5.41) is 0. The van der Waals surface area contributed by atoms with Gasteiger partial charge in [0, 0.05) is 0 Å².